The van der Waals surface area contributed by atoms with Crippen LogP contribution >= 0.6 is 0 Å². The molecular weight excluding hydrogens is 250 g/mol. The van der Waals surface area contributed by atoms with Crippen molar-refractivity contribution in [2.24, 2.45) is 11.8 Å². The van der Waals surface area contributed by atoms with Crippen LogP contribution in [0.25, 0.3) is 0 Å². The fourth-order valence-electron chi connectivity index (χ4n) is 3.19. The molecule has 1 aromatic carbocycles. The zero-order valence-corrected chi connectivity index (χ0v) is 12.4. The summed E-state index contributed by atoms with van der Waals surface area (Å²) in [6.07, 6.45) is 4.82. The summed E-state index contributed by atoms with van der Waals surface area (Å²) in [5, 5.41) is 23.3. The SMILES string of the molecule is CC(O)(CNCC1CCCCC1CO)c1ccccc1. The molecule has 0 saturated heterocycles. The molecule has 112 valence electrons. The van der Waals surface area contributed by atoms with Crippen molar-refractivity contribution in [2.75, 3.05) is 19.7 Å². The molecule has 0 aliphatic heterocycles. The number of aliphatic hydroxyl groups is 2. The van der Waals surface area contributed by atoms with Gasteiger partial charge in [-0.3, -0.25) is 0 Å². The second-order valence-electron chi connectivity index (χ2n) is 6.26. The smallest absolute Gasteiger partial charge is 0.0992 e. The Bertz CT molecular complexity index is 391. The molecule has 3 unspecified atom stereocenters. The second-order valence-corrected chi connectivity index (χ2v) is 6.26. The van der Waals surface area contributed by atoms with Crippen molar-refractivity contribution in [1.29, 1.82) is 0 Å². The van der Waals surface area contributed by atoms with Crippen LogP contribution in [-0.2, 0) is 5.60 Å². The maximum atomic E-state index is 10.5. The molecule has 0 radical (unpaired) electrons. The van der Waals surface area contributed by atoms with Crippen molar-refractivity contribution in [3.63, 3.8) is 0 Å². The number of nitrogens with one attached hydrogen (secondary N) is 1. The zero-order valence-electron chi connectivity index (χ0n) is 12.4. The largest absolute Gasteiger partial charge is 0.396 e. The lowest BCUT2D eigenvalue weighted by Gasteiger charge is -2.32. The lowest BCUT2D eigenvalue weighted by molar-refractivity contribution is 0.0524. The minimum Gasteiger partial charge on any atom is -0.396 e. The molecule has 0 bridgehead atoms. The summed E-state index contributed by atoms with van der Waals surface area (Å²) >= 11 is 0. The van der Waals surface area contributed by atoms with Crippen LogP contribution in [0.3, 0.4) is 0 Å². The van der Waals surface area contributed by atoms with Crippen LogP contribution in [0.4, 0.5) is 0 Å². The topological polar surface area (TPSA) is 52.5 Å². The van der Waals surface area contributed by atoms with Gasteiger partial charge >= 0.3 is 0 Å². The van der Waals surface area contributed by atoms with Crippen molar-refractivity contribution in [3.05, 3.63) is 35.9 Å². The van der Waals surface area contributed by atoms with Crippen LogP contribution in [0.2, 0.25) is 0 Å². The monoisotopic (exact) mass is 277 g/mol. The Morgan fingerprint density at radius 1 is 1.15 bits per heavy atom. The Hall–Kier alpha value is -0.900. The van der Waals surface area contributed by atoms with E-state index in [1.807, 2.05) is 37.3 Å². The highest BCUT2D eigenvalue weighted by molar-refractivity contribution is 5.21. The van der Waals surface area contributed by atoms with Crippen molar-refractivity contribution in [2.45, 2.75) is 38.2 Å². The molecule has 3 nitrogen and oxygen atoms in total. The lowest BCUT2D eigenvalue weighted by Crippen LogP contribution is -2.40. The third kappa shape index (κ3) is 4.05. The first-order chi connectivity index (χ1) is 9.63. The number of rotatable bonds is 6. The molecule has 0 aromatic heterocycles. The first kappa shape index (κ1) is 15.5. The van der Waals surface area contributed by atoms with Crippen LogP contribution in [0, 0.1) is 11.8 Å². The summed E-state index contributed by atoms with van der Waals surface area (Å²) in [5.74, 6) is 0.971. The summed E-state index contributed by atoms with van der Waals surface area (Å²) in [5.41, 5.74) is 0.0971. The number of aliphatic hydroxyl groups excluding tert-OH is 1. The molecule has 20 heavy (non-hydrogen) atoms. The second kappa shape index (κ2) is 7.21. The van der Waals surface area contributed by atoms with Gasteiger partial charge in [0.15, 0.2) is 0 Å². The van der Waals surface area contributed by atoms with Crippen LogP contribution in [0.15, 0.2) is 30.3 Å². The van der Waals surface area contributed by atoms with Gasteiger partial charge in [-0.05, 0) is 43.7 Å². The van der Waals surface area contributed by atoms with Crippen LogP contribution in [0.1, 0.15) is 38.2 Å². The minimum atomic E-state index is -0.843. The molecule has 3 N–H and O–H groups in total. The fraction of sp³-hybridized carbons (Fsp3) is 0.647. The standard InChI is InChI=1S/C17H27NO2/c1-17(20,16-9-3-2-4-10-16)13-18-11-14-7-5-6-8-15(14)12-19/h2-4,9-10,14-15,18-20H,5-8,11-13H2,1H3. The summed E-state index contributed by atoms with van der Waals surface area (Å²) in [4.78, 5) is 0. The Morgan fingerprint density at radius 2 is 1.80 bits per heavy atom. The molecule has 0 spiro atoms. The quantitative estimate of drug-likeness (QED) is 0.748. The van der Waals surface area contributed by atoms with E-state index in [0.29, 0.717) is 25.0 Å². The Kier molecular flexibility index (Phi) is 5.58. The van der Waals surface area contributed by atoms with Gasteiger partial charge in [-0.15, -0.1) is 0 Å². The molecule has 1 saturated carbocycles. The maximum absolute atomic E-state index is 10.5. The van der Waals surface area contributed by atoms with Gasteiger partial charge in [0.1, 0.15) is 0 Å². The first-order valence-electron chi connectivity index (χ1n) is 7.73. The highest BCUT2D eigenvalue weighted by Gasteiger charge is 2.26. The Morgan fingerprint density at radius 3 is 2.45 bits per heavy atom. The Labute approximate surface area is 122 Å². The first-order valence-corrected chi connectivity index (χ1v) is 7.73. The highest BCUT2D eigenvalue weighted by atomic mass is 16.3. The minimum absolute atomic E-state index is 0.293. The van der Waals surface area contributed by atoms with Gasteiger partial charge in [-0.2, -0.15) is 0 Å². The van der Waals surface area contributed by atoms with E-state index in [2.05, 4.69) is 5.32 Å². The average molecular weight is 277 g/mol. The number of hydrogen-bond acceptors (Lipinski definition) is 3. The summed E-state index contributed by atoms with van der Waals surface area (Å²) in [6.45, 7) is 3.57. The van der Waals surface area contributed by atoms with E-state index in [0.717, 1.165) is 18.5 Å². The van der Waals surface area contributed by atoms with E-state index in [1.165, 1.54) is 19.3 Å². The molecular formula is C17H27NO2. The van der Waals surface area contributed by atoms with E-state index >= 15 is 0 Å². The van der Waals surface area contributed by atoms with E-state index in [4.69, 9.17) is 0 Å². The maximum Gasteiger partial charge on any atom is 0.0992 e. The molecule has 1 fully saturated rings. The van der Waals surface area contributed by atoms with Gasteiger partial charge in [-0.1, -0.05) is 43.2 Å². The normalized spacial score (nSPS) is 26.1. The summed E-state index contributed by atoms with van der Waals surface area (Å²) in [7, 11) is 0. The van der Waals surface area contributed by atoms with E-state index < -0.39 is 5.60 Å². The third-order valence-corrected chi connectivity index (χ3v) is 4.57. The van der Waals surface area contributed by atoms with Gasteiger partial charge < -0.3 is 15.5 Å². The van der Waals surface area contributed by atoms with Crippen molar-refractivity contribution in [1.82, 2.24) is 5.32 Å². The van der Waals surface area contributed by atoms with Gasteiger partial charge in [0.25, 0.3) is 0 Å². The summed E-state index contributed by atoms with van der Waals surface area (Å²) in [6, 6.07) is 9.78. The van der Waals surface area contributed by atoms with Gasteiger partial charge in [-0.25, -0.2) is 0 Å². The lowest BCUT2D eigenvalue weighted by atomic mass is 9.79. The molecule has 3 heteroatoms. The van der Waals surface area contributed by atoms with Gasteiger partial charge in [0.05, 0.1) is 5.60 Å². The number of hydrogen-bond donors (Lipinski definition) is 3. The zero-order chi connectivity index (χ0) is 14.4. The van der Waals surface area contributed by atoms with Crippen molar-refractivity contribution < 1.29 is 10.2 Å². The van der Waals surface area contributed by atoms with E-state index in [9.17, 15) is 10.2 Å². The van der Waals surface area contributed by atoms with Crippen LogP contribution in [-0.4, -0.2) is 29.9 Å². The highest BCUT2D eigenvalue weighted by Crippen LogP contribution is 2.29. The molecule has 1 aromatic rings. The van der Waals surface area contributed by atoms with Crippen molar-refractivity contribution >= 4 is 0 Å². The molecule has 2 rings (SSSR count). The van der Waals surface area contributed by atoms with Crippen LogP contribution in [0.5, 0.6) is 0 Å². The predicted octanol–water partition coefficient (Wildman–Crippen LogP) is 2.28. The molecule has 0 heterocycles. The Balaban J connectivity index is 1.82. The van der Waals surface area contributed by atoms with E-state index in [1.54, 1.807) is 0 Å². The van der Waals surface area contributed by atoms with Gasteiger partial charge in [0, 0.05) is 13.2 Å². The fourth-order valence-corrected chi connectivity index (χ4v) is 3.19. The average Bonchev–Trinajstić information content (AvgIpc) is 2.48. The predicted molar refractivity (Wildman–Crippen MR) is 81.4 cm³/mol. The molecule has 0 amide bonds. The number of benzene rings is 1. The van der Waals surface area contributed by atoms with Crippen molar-refractivity contribution in [3.8, 4) is 0 Å². The van der Waals surface area contributed by atoms with Gasteiger partial charge in [0.2, 0.25) is 0 Å². The molecule has 3 atom stereocenters. The third-order valence-electron chi connectivity index (χ3n) is 4.57. The molecule has 1 aliphatic carbocycles. The van der Waals surface area contributed by atoms with Crippen LogP contribution < -0.4 is 5.32 Å². The summed E-state index contributed by atoms with van der Waals surface area (Å²) < 4.78 is 0. The van der Waals surface area contributed by atoms with E-state index in [-0.39, 0.29) is 0 Å². The molecule has 1 aliphatic rings.